The molecule has 2 rings (SSSR count). The SMILES string of the molecule is O=C(NCc1ccc(C(F)(F)F)cc1F)NC1CNCC1O. The number of carbonyl (C=O) groups is 1. The van der Waals surface area contributed by atoms with Gasteiger partial charge in [-0.3, -0.25) is 0 Å². The second kappa shape index (κ2) is 6.49. The molecule has 1 aliphatic rings. The van der Waals surface area contributed by atoms with E-state index in [1.165, 1.54) is 0 Å². The zero-order chi connectivity index (χ0) is 16.3. The Morgan fingerprint density at radius 3 is 2.64 bits per heavy atom. The highest BCUT2D eigenvalue weighted by molar-refractivity contribution is 5.74. The number of aliphatic hydroxyl groups excluding tert-OH is 1. The summed E-state index contributed by atoms with van der Waals surface area (Å²) < 4.78 is 50.8. The van der Waals surface area contributed by atoms with Gasteiger partial charge in [-0.1, -0.05) is 6.07 Å². The van der Waals surface area contributed by atoms with Gasteiger partial charge in [-0.2, -0.15) is 13.2 Å². The standard InChI is InChI=1S/C13H15F4N3O2/c14-9-3-8(13(15,16)17)2-1-7(9)4-19-12(22)20-10-5-18-6-11(10)21/h1-3,10-11,18,21H,4-6H2,(H2,19,20,22). The maximum absolute atomic E-state index is 13.6. The number of nitrogens with one attached hydrogen (secondary N) is 3. The number of aliphatic hydroxyl groups is 1. The van der Waals surface area contributed by atoms with Crippen molar-refractivity contribution < 1.29 is 27.5 Å². The molecule has 1 heterocycles. The summed E-state index contributed by atoms with van der Waals surface area (Å²) in [6.07, 6.45) is -5.33. The van der Waals surface area contributed by atoms with Crippen molar-refractivity contribution in [3.05, 3.63) is 35.1 Å². The van der Waals surface area contributed by atoms with Crippen LogP contribution in [-0.2, 0) is 12.7 Å². The minimum atomic E-state index is -4.62. The first-order valence-electron chi connectivity index (χ1n) is 6.56. The van der Waals surface area contributed by atoms with Gasteiger partial charge in [-0.05, 0) is 12.1 Å². The lowest BCUT2D eigenvalue weighted by Crippen LogP contribution is -2.47. The van der Waals surface area contributed by atoms with Gasteiger partial charge in [0, 0.05) is 25.2 Å². The van der Waals surface area contributed by atoms with Crippen molar-refractivity contribution in [1.82, 2.24) is 16.0 Å². The zero-order valence-electron chi connectivity index (χ0n) is 11.4. The molecule has 1 aromatic rings. The van der Waals surface area contributed by atoms with E-state index in [1.807, 2.05) is 0 Å². The first-order chi connectivity index (χ1) is 10.3. The quantitative estimate of drug-likeness (QED) is 0.627. The van der Waals surface area contributed by atoms with E-state index in [-0.39, 0.29) is 12.1 Å². The summed E-state index contributed by atoms with van der Waals surface area (Å²) >= 11 is 0. The van der Waals surface area contributed by atoms with Gasteiger partial charge in [0.25, 0.3) is 0 Å². The van der Waals surface area contributed by atoms with E-state index >= 15 is 0 Å². The van der Waals surface area contributed by atoms with E-state index in [2.05, 4.69) is 16.0 Å². The molecule has 0 bridgehead atoms. The van der Waals surface area contributed by atoms with Crippen LogP contribution in [0.4, 0.5) is 22.4 Å². The Morgan fingerprint density at radius 1 is 1.36 bits per heavy atom. The smallest absolute Gasteiger partial charge is 0.390 e. The minimum absolute atomic E-state index is 0.0618. The van der Waals surface area contributed by atoms with Gasteiger partial charge in [0.15, 0.2) is 0 Å². The highest BCUT2D eigenvalue weighted by Crippen LogP contribution is 2.30. The molecule has 5 nitrogen and oxygen atoms in total. The molecule has 2 unspecified atom stereocenters. The number of hydrogen-bond donors (Lipinski definition) is 4. The average molecular weight is 321 g/mol. The molecule has 9 heteroatoms. The van der Waals surface area contributed by atoms with E-state index in [9.17, 15) is 27.5 Å². The minimum Gasteiger partial charge on any atom is -0.390 e. The summed E-state index contributed by atoms with van der Waals surface area (Å²) in [4.78, 5) is 11.6. The van der Waals surface area contributed by atoms with E-state index in [4.69, 9.17) is 0 Å². The molecule has 1 aromatic carbocycles. The van der Waals surface area contributed by atoms with Gasteiger partial charge in [-0.25, -0.2) is 9.18 Å². The number of benzene rings is 1. The third-order valence-electron chi connectivity index (χ3n) is 3.32. The summed E-state index contributed by atoms with van der Waals surface area (Å²) in [5.74, 6) is -1.04. The molecule has 2 amide bonds. The van der Waals surface area contributed by atoms with Gasteiger partial charge < -0.3 is 21.1 Å². The average Bonchev–Trinajstić information content (AvgIpc) is 2.82. The van der Waals surface area contributed by atoms with Crippen molar-refractivity contribution in [2.75, 3.05) is 13.1 Å². The number of alkyl halides is 3. The maximum Gasteiger partial charge on any atom is 0.416 e. The number of amides is 2. The molecule has 0 aliphatic carbocycles. The molecular formula is C13H15F4N3O2. The van der Waals surface area contributed by atoms with Crippen molar-refractivity contribution in [1.29, 1.82) is 0 Å². The number of rotatable bonds is 3. The molecule has 2 atom stereocenters. The predicted octanol–water partition coefficient (Wildman–Crippen LogP) is 0.976. The van der Waals surface area contributed by atoms with E-state index in [1.54, 1.807) is 0 Å². The fraction of sp³-hybridized carbons (Fsp3) is 0.462. The van der Waals surface area contributed by atoms with Gasteiger partial charge in [0.1, 0.15) is 5.82 Å². The van der Waals surface area contributed by atoms with Crippen LogP contribution in [0, 0.1) is 5.82 Å². The Kier molecular flexibility index (Phi) is 4.87. The summed E-state index contributed by atoms with van der Waals surface area (Å²) in [5.41, 5.74) is -1.15. The van der Waals surface area contributed by atoms with E-state index < -0.39 is 35.7 Å². The maximum atomic E-state index is 13.6. The van der Waals surface area contributed by atoms with Crippen LogP contribution < -0.4 is 16.0 Å². The molecule has 0 spiro atoms. The van der Waals surface area contributed by atoms with Crippen LogP contribution in [-0.4, -0.2) is 36.4 Å². The van der Waals surface area contributed by atoms with Crippen molar-refractivity contribution in [2.24, 2.45) is 0 Å². The fourth-order valence-corrected chi connectivity index (χ4v) is 2.07. The Morgan fingerprint density at radius 2 is 2.09 bits per heavy atom. The predicted molar refractivity (Wildman–Crippen MR) is 69.4 cm³/mol. The molecule has 1 fully saturated rings. The molecular weight excluding hydrogens is 306 g/mol. The lowest BCUT2D eigenvalue weighted by atomic mass is 10.1. The molecule has 1 aliphatic heterocycles. The van der Waals surface area contributed by atoms with Crippen LogP contribution in [0.1, 0.15) is 11.1 Å². The largest absolute Gasteiger partial charge is 0.416 e. The highest BCUT2D eigenvalue weighted by Gasteiger charge is 2.31. The van der Waals surface area contributed by atoms with Crippen molar-refractivity contribution in [3.8, 4) is 0 Å². The number of halogens is 4. The summed E-state index contributed by atoms with van der Waals surface area (Å²) in [5, 5.41) is 17.2. The molecule has 0 saturated carbocycles. The van der Waals surface area contributed by atoms with Crippen LogP contribution in [0.3, 0.4) is 0 Å². The molecule has 0 aromatic heterocycles. The van der Waals surface area contributed by atoms with Crippen molar-refractivity contribution in [3.63, 3.8) is 0 Å². The van der Waals surface area contributed by atoms with Crippen LogP contribution in [0.5, 0.6) is 0 Å². The Hall–Kier alpha value is -1.87. The van der Waals surface area contributed by atoms with Crippen LogP contribution in [0.25, 0.3) is 0 Å². The second-order valence-electron chi connectivity index (χ2n) is 4.96. The number of β-amino-alcohol motifs (C(OH)–C–C–N with tert-alkyl or cyclic N) is 1. The summed E-state index contributed by atoms with van der Waals surface area (Å²) in [6, 6.07) is 1.02. The lowest BCUT2D eigenvalue weighted by molar-refractivity contribution is -0.137. The van der Waals surface area contributed by atoms with Gasteiger partial charge in [0.05, 0.1) is 17.7 Å². The highest BCUT2D eigenvalue weighted by atomic mass is 19.4. The summed E-state index contributed by atoms with van der Waals surface area (Å²) in [6.45, 7) is 0.508. The first-order valence-corrected chi connectivity index (χ1v) is 6.56. The molecule has 22 heavy (non-hydrogen) atoms. The second-order valence-corrected chi connectivity index (χ2v) is 4.96. The van der Waals surface area contributed by atoms with Gasteiger partial charge in [-0.15, -0.1) is 0 Å². The summed E-state index contributed by atoms with van der Waals surface area (Å²) in [7, 11) is 0. The normalized spacial score (nSPS) is 21.7. The fourth-order valence-electron chi connectivity index (χ4n) is 2.07. The van der Waals surface area contributed by atoms with E-state index in [0.29, 0.717) is 19.2 Å². The van der Waals surface area contributed by atoms with Crippen LogP contribution in [0.15, 0.2) is 18.2 Å². The van der Waals surface area contributed by atoms with Crippen LogP contribution in [0.2, 0.25) is 0 Å². The third kappa shape index (κ3) is 4.08. The van der Waals surface area contributed by atoms with Gasteiger partial charge in [0.2, 0.25) is 0 Å². The first kappa shape index (κ1) is 16.5. The topological polar surface area (TPSA) is 73.4 Å². The molecule has 0 radical (unpaired) electrons. The molecule has 1 saturated heterocycles. The Labute approximate surface area is 123 Å². The lowest BCUT2D eigenvalue weighted by Gasteiger charge is -2.16. The van der Waals surface area contributed by atoms with Crippen LogP contribution >= 0.6 is 0 Å². The zero-order valence-corrected chi connectivity index (χ0v) is 11.4. The Bertz CT molecular complexity index is 551. The van der Waals surface area contributed by atoms with Gasteiger partial charge >= 0.3 is 12.2 Å². The monoisotopic (exact) mass is 321 g/mol. The third-order valence-corrected chi connectivity index (χ3v) is 3.32. The Balaban J connectivity index is 1.90. The number of hydrogen-bond acceptors (Lipinski definition) is 3. The van der Waals surface area contributed by atoms with E-state index in [0.717, 1.165) is 12.1 Å². The molecule has 122 valence electrons. The molecule has 4 N–H and O–H groups in total. The number of urea groups is 1. The number of carbonyl (C=O) groups excluding carboxylic acids is 1. The van der Waals surface area contributed by atoms with Crippen molar-refractivity contribution >= 4 is 6.03 Å². The van der Waals surface area contributed by atoms with Crippen molar-refractivity contribution in [2.45, 2.75) is 24.9 Å².